The van der Waals surface area contributed by atoms with Crippen LogP contribution in [0.4, 0.5) is 0 Å². The summed E-state index contributed by atoms with van der Waals surface area (Å²) in [6.07, 6.45) is 1.78. The Labute approximate surface area is 134 Å². The van der Waals surface area contributed by atoms with Crippen molar-refractivity contribution in [2.24, 2.45) is 5.92 Å². The first-order chi connectivity index (χ1) is 10.1. The van der Waals surface area contributed by atoms with Gasteiger partial charge in [0.1, 0.15) is 12.4 Å². The predicted molar refractivity (Wildman–Crippen MR) is 89.3 cm³/mol. The number of pyridine rings is 1. The number of hydrogen-bond donors (Lipinski definition) is 1. The van der Waals surface area contributed by atoms with Crippen LogP contribution in [0.1, 0.15) is 25.1 Å². The minimum atomic E-state index is 0.536. The van der Waals surface area contributed by atoms with Crippen LogP contribution in [0.2, 0.25) is 0 Å². The zero-order valence-electron chi connectivity index (χ0n) is 12.5. The van der Waals surface area contributed by atoms with Crippen molar-refractivity contribution in [3.05, 3.63) is 58.3 Å². The Bertz CT molecular complexity index is 555. The molecule has 0 amide bonds. The molecule has 2 aromatic rings. The SMILES string of the molecule is CC(C)CNCc1ccc(OCc2ccccc2Br)cn1. The molecular formula is C17H21BrN2O. The summed E-state index contributed by atoms with van der Waals surface area (Å²) in [5.41, 5.74) is 2.16. The smallest absolute Gasteiger partial charge is 0.138 e. The average molecular weight is 349 g/mol. The number of aromatic nitrogens is 1. The molecule has 21 heavy (non-hydrogen) atoms. The van der Waals surface area contributed by atoms with Crippen LogP contribution in [0.25, 0.3) is 0 Å². The van der Waals surface area contributed by atoms with Crippen molar-refractivity contribution >= 4 is 15.9 Å². The highest BCUT2D eigenvalue weighted by Crippen LogP contribution is 2.18. The van der Waals surface area contributed by atoms with Crippen molar-refractivity contribution in [3.8, 4) is 5.75 Å². The fourth-order valence-corrected chi connectivity index (χ4v) is 2.27. The minimum Gasteiger partial charge on any atom is -0.487 e. The number of halogens is 1. The summed E-state index contributed by atoms with van der Waals surface area (Å²) >= 11 is 3.52. The van der Waals surface area contributed by atoms with Crippen LogP contribution in [-0.4, -0.2) is 11.5 Å². The van der Waals surface area contributed by atoms with Gasteiger partial charge in [-0.05, 0) is 30.7 Å². The maximum Gasteiger partial charge on any atom is 0.138 e. The number of ether oxygens (including phenoxy) is 1. The molecule has 0 unspecified atom stereocenters. The van der Waals surface area contributed by atoms with E-state index in [1.54, 1.807) is 6.20 Å². The van der Waals surface area contributed by atoms with Crippen LogP contribution in [0, 0.1) is 5.92 Å². The first kappa shape index (κ1) is 16.0. The molecule has 1 N–H and O–H groups in total. The first-order valence-electron chi connectivity index (χ1n) is 7.17. The second-order valence-corrected chi connectivity index (χ2v) is 6.24. The number of rotatable bonds is 7. The highest BCUT2D eigenvalue weighted by molar-refractivity contribution is 9.10. The van der Waals surface area contributed by atoms with Gasteiger partial charge in [0.15, 0.2) is 0 Å². The van der Waals surface area contributed by atoms with E-state index in [1.165, 1.54) is 0 Å². The number of nitrogens with one attached hydrogen (secondary N) is 1. The zero-order chi connectivity index (χ0) is 15.1. The van der Waals surface area contributed by atoms with Crippen LogP contribution in [0.15, 0.2) is 47.1 Å². The van der Waals surface area contributed by atoms with Gasteiger partial charge in [-0.2, -0.15) is 0 Å². The van der Waals surface area contributed by atoms with E-state index >= 15 is 0 Å². The number of nitrogens with zero attached hydrogens (tertiary/aromatic N) is 1. The molecule has 0 fully saturated rings. The average Bonchev–Trinajstić information content (AvgIpc) is 2.47. The van der Waals surface area contributed by atoms with Gasteiger partial charge in [0.25, 0.3) is 0 Å². The van der Waals surface area contributed by atoms with Crippen molar-refractivity contribution < 1.29 is 4.74 Å². The Hall–Kier alpha value is -1.39. The summed E-state index contributed by atoms with van der Waals surface area (Å²) in [7, 11) is 0. The molecule has 2 rings (SSSR count). The third-order valence-electron chi connectivity index (χ3n) is 3.01. The second kappa shape index (κ2) is 8.15. The van der Waals surface area contributed by atoms with Gasteiger partial charge in [-0.15, -0.1) is 0 Å². The highest BCUT2D eigenvalue weighted by Gasteiger charge is 2.01. The lowest BCUT2D eigenvalue weighted by Gasteiger charge is -2.09. The number of hydrogen-bond acceptors (Lipinski definition) is 3. The molecule has 4 heteroatoms. The van der Waals surface area contributed by atoms with Gasteiger partial charge in [-0.25, -0.2) is 0 Å². The van der Waals surface area contributed by atoms with E-state index in [1.807, 2.05) is 36.4 Å². The van der Waals surface area contributed by atoms with Gasteiger partial charge in [0, 0.05) is 16.6 Å². The molecule has 0 spiro atoms. The summed E-state index contributed by atoms with van der Waals surface area (Å²) < 4.78 is 6.82. The van der Waals surface area contributed by atoms with Crippen molar-refractivity contribution in [1.29, 1.82) is 0 Å². The molecule has 3 nitrogen and oxygen atoms in total. The largest absolute Gasteiger partial charge is 0.487 e. The van der Waals surface area contributed by atoms with E-state index in [9.17, 15) is 0 Å². The summed E-state index contributed by atoms with van der Waals surface area (Å²) in [5.74, 6) is 1.44. The molecule has 0 aliphatic carbocycles. The van der Waals surface area contributed by atoms with Crippen LogP contribution in [0.3, 0.4) is 0 Å². The molecule has 0 aliphatic heterocycles. The van der Waals surface area contributed by atoms with Crippen molar-refractivity contribution in [2.75, 3.05) is 6.54 Å². The standard InChI is InChI=1S/C17H21BrN2O/c1-13(2)9-19-10-15-7-8-16(11-20-15)21-12-14-5-3-4-6-17(14)18/h3-8,11,13,19H,9-10,12H2,1-2H3. The zero-order valence-corrected chi connectivity index (χ0v) is 14.1. The van der Waals surface area contributed by atoms with Gasteiger partial charge in [-0.1, -0.05) is 48.0 Å². The van der Waals surface area contributed by atoms with E-state index in [0.29, 0.717) is 12.5 Å². The predicted octanol–water partition coefficient (Wildman–Crippen LogP) is 4.17. The molecular weight excluding hydrogens is 328 g/mol. The van der Waals surface area contributed by atoms with Gasteiger partial charge >= 0.3 is 0 Å². The van der Waals surface area contributed by atoms with Crippen LogP contribution < -0.4 is 10.1 Å². The summed E-state index contributed by atoms with van der Waals surface area (Å²) in [6.45, 7) is 6.72. The van der Waals surface area contributed by atoms with E-state index in [2.05, 4.69) is 40.1 Å². The fraction of sp³-hybridized carbons (Fsp3) is 0.353. The van der Waals surface area contributed by atoms with Crippen LogP contribution in [0.5, 0.6) is 5.75 Å². The highest BCUT2D eigenvalue weighted by atomic mass is 79.9. The molecule has 1 heterocycles. The molecule has 0 atom stereocenters. The van der Waals surface area contributed by atoms with E-state index < -0.39 is 0 Å². The van der Waals surface area contributed by atoms with Gasteiger partial charge < -0.3 is 10.1 Å². The van der Waals surface area contributed by atoms with Gasteiger partial charge in [-0.3, -0.25) is 4.98 Å². The monoisotopic (exact) mass is 348 g/mol. The summed E-state index contributed by atoms with van der Waals surface area (Å²) in [4.78, 5) is 4.41. The Morgan fingerprint density at radius 2 is 2.00 bits per heavy atom. The quantitative estimate of drug-likeness (QED) is 0.815. The third-order valence-corrected chi connectivity index (χ3v) is 3.78. The Morgan fingerprint density at radius 3 is 2.67 bits per heavy atom. The lowest BCUT2D eigenvalue weighted by atomic mass is 10.2. The maximum absolute atomic E-state index is 5.76. The summed E-state index contributed by atoms with van der Waals surface area (Å²) in [6, 6.07) is 12.0. The van der Waals surface area contributed by atoms with Crippen LogP contribution >= 0.6 is 15.9 Å². The van der Waals surface area contributed by atoms with Gasteiger partial charge in [0.05, 0.1) is 11.9 Å². The van der Waals surface area contributed by atoms with Crippen LogP contribution in [-0.2, 0) is 13.2 Å². The molecule has 1 aromatic heterocycles. The fourth-order valence-electron chi connectivity index (χ4n) is 1.87. The molecule has 112 valence electrons. The Kier molecular flexibility index (Phi) is 6.21. The van der Waals surface area contributed by atoms with E-state index in [4.69, 9.17) is 4.74 Å². The lowest BCUT2D eigenvalue weighted by molar-refractivity contribution is 0.304. The molecule has 0 aliphatic rings. The second-order valence-electron chi connectivity index (χ2n) is 5.39. The minimum absolute atomic E-state index is 0.536. The van der Waals surface area contributed by atoms with E-state index in [-0.39, 0.29) is 0 Å². The molecule has 1 aromatic carbocycles. The number of benzene rings is 1. The Balaban J connectivity index is 1.84. The Morgan fingerprint density at radius 1 is 1.19 bits per heavy atom. The van der Waals surface area contributed by atoms with Gasteiger partial charge in [0.2, 0.25) is 0 Å². The third kappa shape index (κ3) is 5.48. The molecule has 0 saturated carbocycles. The first-order valence-corrected chi connectivity index (χ1v) is 7.96. The molecule has 0 bridgehead atoms. The molecule has 0 saturated heterocycles. The molecule has 0 radical (unpaired) electrons. The van der Waals surface area contributed by atoms with E-state index in [0.717, 1.165) is 34.6 Å². The topological polar surface area (TPSA) is 34.1 Å². The van der Waals surface area contributed by atoms with Crippen molar-refractivity contribution in [2.45, 2.75) is 27.0 Å². The van der Waals surface area contributed by atoms with Crippen molar-refractivity contribution in [3.63, 3.8) is 0 Å². The lowest BCUT2D eigenvalue weighted by Crippen LogP contribution is -2.19. The maximum atomic E-state index is 5.76. The summed E-state index contributed by atoms with van der Waals surface area (Å²) in [5, 5.41) is 3.38. The normalized spacial score (nSPS) is 10.9. The van der Waals surface area contributed by atoms with Crippen molar-refractivity contribution in [1.82, 2.24) is 10.3 Å².